The molecule has 2 rings (SSSR count). The van der Waals surface area contributed by atoms with Gasteiger partial charge in [0.25, 0.3) is 5.91 Å². The fraction of sp³-hybridized carbons (Fsp3) is 0.462. The molecular weight excluding hydrogens is 539 g/mol. The normalized spacial score (nSPS) is 12.8. The molecular formula is C26H33BrCl2N2O3. The Kier molecular flexibility index (Phi) is 9.48. The fourth-order valence-corrected chi connectivity index (χ4v) is 4.23. The summed E-state index contributed by atoms with van der Waals surface area (Å²) in [7, 11) is 0. The minimum Gasteiger partial charge on any atom is -0.483 e. The lowest BCUT2D eigenvalue weighted by molar-refractivity contribution is -0.142. The van der Waals surface area contributed by atoms with Crippen LogP contribution < -0.4 is 10.1 Å². The molecule has 8 heteroatoms. The Hall–Kier alpha value is -1.76. The molecule has 0 fully saturated rings. The number of benzene rings is 2. The van der Waals surface area contributed by atoms with Gasteiger partial charge in [-0.25, -0.2) is 0 Å². The zero-order valence-corrected chi connectivity index (χ0v) is 23.9. The third kappa shape index (κ3) is 7.89. The summed E-state index contributed by atoms with van der Waals surface area (Å²) >= 11 is 16.2. The van der Waals surface area contributed by atoms with Crippen molar-refractivity contribution >= 4 is 50.9 Å². The number of ether oxygens (including phenoxy) is 1. The maximum absolute atomic E-state index is 13.3. The highest BCUT2D eigenvalue weighted by molar-refractivity contribution is 9.10. The second kappa shape index (κ2) is 11.3. The van der Waals surface area contributed by atoms with Crippen LogP contribution in [0.2, 0.25) is 10.0 Å². The number of rotatable bonds is 7. The molecule has 0 saturated heterocycles. The van der Waals surface area contributed by atoms with Crippen LogP contribution in [0.15, 0.2) is 40.9 Å². The minimum absolute atomic E-state index is 0.0161. The summed E-state index contributed by atoms with van der Waals surface area (Å²) in [6.07, 6.45) is 0. The highest BCUT2D eigenvalue weighted by Gasteiger charge is 2.30. The van der Waals surface area contributed by atoms with E-state index in [9.17, 15) is 9.59 Å². The van der Waals surface area contributed by atoms with Crippen LogP contribution in [0.4, 0.5) is 0 Å². The summed E-state index contributed by atoms with van der Waals surface area (Å²) in [5.41, 5.74) is 1.25. The molecule has 5 nitrogen and oxygen atoms in total. The molecule has 0 aliphatic heterocycles. The van der Waals surface area contributed by atoms with Crippen LogP contribution in [-0.2, 0) is 21.5 Å². The fourth-order valence-electron chi connectivity index (χ4n) is 3.22. The molecule has 0 radical (unpaired) electrons. The molecule has 2 amide bonds. The number of halogens is 3. The van der Waals surface area contributed by atoms with Crippen molar-refractivity contribution in [2.45, 2.75) is 72.0 Å². The molecule has 34 heavy (non-hydrogen) atoms. The molecule has 2 aromatic carbocycles. The molecule has 0 aromatic heterocycles. The lowest BCUT2D eigenvalue weighted by Crippen LogP contribution is -2.53. The first-order chi connectivity index (χ1) is 15.6. The van der Waals surface area contributed by atoms with Crippen molar-refractivity contribution < 1.29 is 14.3 Å². The van der Waals surface area contributed by atoms with Crippen molar-refractivity contribution in [2.75, 3.05) is 6.61 Å². The van der Waals surface area contributed by atoms with Gasteiger partial charge in [0, 0.05) is 27.7 Å². The molecule has 0 heterocycles. The number of nitrogens with one attached hydrogen (secondary N) is 1. The van der Waals surface area contributed by atoms with Gasteiger partial charge in [0.05, 0.1) is 4.47 Å². The smallest absolute Gasteiger partial charge is 0.261 e. The quantitative estimate of drug-likeness (QED) is 0.399. The number of hydrogen-bond acceptors (Lipinski definition) is 3. The Morgan fingerprint density at radius 1 is 1.06 bits per heavy atom. The zero-order chi connectivity index (χ0) is 25.8. The lowest BCUT2D eigenvalue weighted by atomic mass is 9.87. The van der Waals surface area contributed by atoms with Gasteiger partial charge < -0.3 is 15.0 Å². The topological polar surface area (TPSA) is 58.6 Å². The predicted molar refractivity (Wildman–Crippen MR) is 143 cm³/mol. The molecule has 2 aromatic rings. The van der Waals surface area contributed by atoms with Gasteiger partial charge in [-0.2, -0.15) is 0 Å². The molecule has 0 unspecified atom stereocenters. The number of hydrogen-bond donors (Lipinski definition) is 1. The number of carbonyl (C=O) groups excluding carboxylic acids is 2. The molecule has 0 bridgehead atoms. The van der Waals surface area contributed by atoms with Gasteiger partial charge >= 0.3 is 0 Å². The van der Waals surface area contributed by atoms with Crippen LogP contribution >= 0.6 is 39.1 Å². The summed E-state index contributed by atoms with van der Waals surface area (Å²) < 4.78 is 6.60. The summed E-state index contributed by atoms with van der Waals surface area (Å²) in [6.45, 7) is 13.5. The van der Waals surface area contributed by atoms with Gasteiger partial charge in [0.2, 0.25) is 5.91 Å². The zero-order valence-electron chi connectivity index (χ0n) is 20.8. The monoisotopic (exact) mass is 570 g/mol. The van der Waals surface area contributed by atoms with Crippen LogP contribution in [0, 0.1) is 0 Å². The number of carbonyl (C=O) groups is 2. The third-order valence-corrected chi connectivity index (χ3v) is 6.53. The molecule has 186 valence electrons. The maximum atomic E-state index is 13.3. The summed E-state index contributed by atoms with van der Waals surface area (Å²) in [4.78, 5) is 27.7. The van der Waals surface area contributed by atoms with E-state index < -0.39 is 11.6 Å². The standard InChI is InChI=1S/C26H33BrCl2N2O3/c1-16(24(33)30-26(5,6)7)31(14-18-20(28)9-8-10-21(18)29)23(32)15-34-22-12-11-17(13-19(22)27)25(2,3)4/h8-13,16H,14-15H2,1-7H3,(H,30,33)/t16-/m0/s1. The first-order valence-corrected chi connectivity index (χ1v) is 12.6. The van der Waals surface area contributed by atoms with Crippen LogP contribution in [0.1, 0.15) is 59.6 Å². The maximum Gasteiger partial charge on any atom is 0.261 e. The lowest BCUT2D eigenvalue weighted by Gasteiger charge is -2.32. The van der Waals surface area contributed by atoms with Crippen molar-refractivity contribution in [3.05, 3.63) is 62.0 Å². The van der Waals surface area contributed by atoms with Crippen LogP contribution in [-0.4, -0.2) is 34.9 Å². The summed E-state index contributed by atoms with van der Waals surface area (Å²) in [6, 6.07) is 10.2. The molecule has 0 aliphatic rings. The van der Waals surface area contributed by atoms with Gasteiger partial charge in [-0.15, -0.1) is 0 Å². The Bertz CT molecular complexity index is 1030. The average Bonchev–Trinajstić information content (AvgIpc) is 2.70. The molecule has 1 atom stereocenters. The van der Waals surface area contributed by atoms with E-state index in [0.717, 1.165) is 10.0 Å². The molecule has 0 spiro atoms. The van der Waals surface area contributed by atoms with E-state index in [0.29, 0.717) is 21.4 Å². The number of amides is 2. The Morgan fingerprint density at radius 2 is 1.65 bits per heavy atom. The molecule has 1 N–H and O–H groups in total. The van der Waals surface area contributed by atoms with Gasteiger partial charge in [-0.3, -0.25) is 9.59 Å². The van der Waals surface area contributed by atoms with E-state index in [1.807, 2.05) is 39.0 Å². The van der Waals surface area contributed by atoms with Crippen molar-refractivity contribution in [3.8, 4) is 5.75 Å². The van der Waals surface area contributed by atoms with Crippen molar-refractivity contribution in [1.82, 2.24) is 10.2 Å². The van der Waals surface area contributed by atoms with E-state index in [1.54, 1.807) is 25.1 Å². The average molecular weight is 572 g/mol. The SMILES string of the molecule is C[C@@H](C(=O)NC(C)(C)C)N(Cc1c(Cl)cccc1Cl)C(=O)COc1ccc(C(C)(C)C)cc1Br. The van der Waals surface area contributed by atoms with E-state index >= 15 is 0 Å². The van der Waals surface area contributed by atoms with E-state index in [1.165, 1.54) is 4.90 Å². The minimum atomic E-state index is -0.769. The van der Waals surface area contributed by atoms with Crippen LogP contribution in [0.5, 0.6) is 5.75 Å². The molecule has 0 aliphatic carbocycles. The van der Waals surface area contributed by atoms with Crippen LogP contribution in [0.3, 0.4) is 0 Å². The summed E-state index contributed by atoms with van der Waals surface area (Å²) in [5, 5.41) is 3.78. The largest absolute Gasteiger partial charge is 0.483 e. The van der Waals surface area contributed by atoms with Gasteiger partial charge in [0.1, 0.15) is 11.8 Å². The van der Waals surface area contributed by atoms with Crippen molar-refractivity contribution in [3.63, 3.8) is 0 Å². The Balaban J connectivity index is 2.27. The highest BCUT2D eigenvalue weighted by atomic mass is 79.9. The number of nitrogens with zero attached hydrogens (tertiary/aromatic N) is 1. The highest BCUT2D eigenvalue weighted by Crippen LogP contribution is 2.32. The van der Waals surface area contributed by atoms with E-state index in [4.69, 9.17) is 27.9 Å². The van der Waals surface area contributed by atoms with Crippen molar-refractivity contribution in [2.24, 2.45) is 0 Å². The van der Waals surface area contributed by atoms with Crippen LogP contribution in [0.25, 0.3) is 0 Å². The second-order valence-corrected chi connectivity index (χ2v) is 12.0. The predicted octanol–water partition coefficient (Wildman–Crippen LogP) is 6.76. The van der Waals surface area contributed by atoms with E-state index in [2.05, 4.69) is 42.0 Å². The Morgan fingerprint density at radius 3 is 2.15 bits per heavy atom. The molecule has 0 saturated carbocycles. The van der Waals surface area contributed by atoms with Gasteiger partial charge in [-0.05, 0) is 78.9 Å². The van der Waals surface area contributed by atoms with Crippen molar-refractivity contribution in [1.29, 1.82) is 0 Å². The van der Waals surface area contributed by atoms with Gasteiger partial charge in [-0.1, -0.05) is 56.1 Å². The second-order valence-electron chi connectivity index (χ2n) is 10.3. The summed E-state index contributed by atoms with van der Waals surface area (Å²) in [5.74, 6) is -0.0945. The first kappa shape index (κ1) is 28.5. The van der Waals surface area contributed by atoms with Gasteiger partial charge in [0.15, 0.2) is 6.61 Å². The third-order valence-electron chi connectivity index (χ3n) is 5.20. The van der Waals surface area contributed by atoms with E-state index in [-0.39, 0.29) is 30.4 Å². The Labute approximate surface area is 221 Å². The first-order valence-electron chi connectivity index (χ1n) is 11.1.